The van der Waals surface area contributed by atoms with Gasteiger partial charge in [-0.05, 0) is 26.7 Å². The molecular formula is C15H29N3O. The van der Waals surface area contributed by atoms with E-state index in [0.29, 0.717) is 24.5 Å². The second-order valence-corrected chi connectivity index (χ2v) is 6.00. The topological polar surface area (TPSA) is 35.6 Å². The molecule has 1 heterocycles. The van der Waals surface area contributed by atoms with Crippen molar-refractivity contribution >= 4 is 5.91 Å². The normalized spacial score (nSPS) is 26.3. The van der Waals surface area contributed by atoms with Gasteiger partial charge in [0.05, 0.1) is 6.54 Å². The maximum atomic E-state index is 12.6. The van der Waals surface area contributed by atoms with Crippen LogP contribution in [0.1, 0.15) is 46.0 Å². The molecule has 0 aromatic carbocycles. The van der Waals surface area contributed by atoms with Crippen LogP contribution in [-0.4, -0.2) is 60.5 Å². The van der Waals surface area contributed by atoms with E-state index in [-0.39, 0.29) is 0 Å². The summed E-state index contributed by atoms with van der Waals surface area (Å²) in [5.41, 5.74) is 0. The number of nitrogens with one attached hydrogen (secondary N) is 1. The van der Waals surface area contributed by atoms with E-state index in [9.17, 15) is 4.79 Å². The first-order valence-corrected chi connectivity index (χ1v) is 7.96. The summed E-state index contributed by atoms with van der Waals surface area (Å²) in [6.07, 6.45) is 6.33. The predicted octanol–water partition coefficient (Wildman–Crippen LogP) is 1.46. The monoisotopic (exact) mass is 267 g/mol. The summed E-state index contributed by atoms with van der Waals surface area (Å²) in [6.45, 7) is 8.80. The van der Waals surface area contributed by atoms with Crippen molar-refractivity contribution in [3.63, 3.8) is 0 Å². The van der Waals surface area contributed by atoms with Crippen LogP contribution in [0.3, 0.4) is 0 Å². The molecule has 19 heavy (non-hydrogen) atoms. The van der Waals surface area contributed by atoms with Crippen LogP contribution >= 0.6 is 0 Å². The Labute approximate surface area is 117 Å². The average molecular weight is 267 g/mol. The van der Waals surface area contributed by atoms with Crippen LogP contribution < -0.4 is 5.32 Å². The van der Waals surface area contributed by atoms with E-state index < -0.39 is 0 Å². The van der Waals surface area contributed by atoms with Crippen LogP contribution in [0.2, 0.25) is 0 Å². The number of piperazine rings is 1. The molecular weight excluding hydrogens is 238 g/mol. The first kappa shape index (κ1) is 14.8. The molecule has 0 aromatic heterocycles. The van der Waals surface area contributed by atoms with E-state index >= 15 is 0 Å². The molecule has 0 unspecified atom stereocenters. The van der Waals surface area contributed by atoms with Crippen LogP contribution in [0.25, 0.3) is 0 Å². The van der Waals surface area contributed by atoms with Gasteiger partial charge in [-0.3, -0.25) is 9.69 Å². The molecule has 1 aliphatic carbocycles. The molecule has 2 rings (SSSR count). The maximum Gasteiger partial charge on any atom is 0.236 e. The fourth-order valence-corrected chi connectivity index (χ4v) is 3.41. The molecule has 4 heteroatoms. The van der Waals surface area contributed by atoms with E-state index in [1.54, 1.807) is 0 Å². The lowest BCUT2D eigenvalue weighted by Crippen LogP contribution is -2.54. The fraction of sp³-hybridized carbons (Fsp3) is 0.933. The molecule has 1 saturated heterocycles. The van der Waals surface area contributed by atoms with Gasteiger partial charge < -0.3 is 10.2 Å². The van der Waals surface area contributed by atoms with Gasteiger partial charge in [0.1, 0.15) is 0 Å². The fourth-order valence-electron chi connectivity index (χ4n) is 3.41. The van der Waals surface area contributed by atoms with E-state index in [1.165, 1.54) is 32.1 Å². The minimum absolute atomic E-state index is 0.336. The number of hydrogen-bond donors (Lipinski definition) is 1. The minimum atomic E-state index is 0.336. The first-order valence-electron chi connectivity index (χ1n) is 7.96. The highest BCUT2D eigenvalue weighted by atomic mass is 16.2. The van der Waals surface area contributed by atoms with Gasteiger partial charge in [0, 0.05) is 38.3 Å². The molecule has 1 N–H and O–H groups in total. The van der Waals surface area contributed by atoms with Gasteiger partial charge in [0.15, 0.2) is 0 Å². The summed E-state index contributed by atoms with van der Waals surface area (Å²) in [4.78, 5) is 17.0. The van der Waals surface area contributed by atoms with Gasteiger partial charge >= 0.3 is 0 Å². The van der Waals surface area contributed by atoms with Crippen molar-refractivity contribution in [1.82, 2.24) is 15.1 Å². The van der Waals surface area contributed by atoms with Crippen molar-refractivity contribution in [2.45, 2.75) is 58.0 Å². The summed E-state index contributed by atoms with van der Waals surface area (Å²) >= 11 is 0. The van der Waals surface area contributed by atoms with Crippen molar-refractivity contribution in [2.24, 2.45) is 0 Å². The third-order valence-electron chi connectivity index (χ3n) is 4.65. The molecule has 0 aromatic rings. The third kappa shape index (κ3) is 3.93. The van der Waals surface area contributed by atoms with E-state index in [2.05, 4.69) is 29.0 Å². The molecule has 1 saturated carbocycles. The highest BCUT2D eigenvalue weighted by Gasteiger charge is 2.27. The molecule has 4 nitrogen and oxygen atoms in total. The minimum Gasteiger partial charge on any atom is -0.339 e. The van der Waals surface area contributed by atoms with E-state index in [4.69, 9.17) is 0 Å². The molecule has 1 amide bonds. The zero-order valence-corrected chi connectivity index (χ0v) is 12.5. The number of amides is 1. The van der Waals surface area contributed by atoms with Crippen LogP contribution in [0.15, 0.2) is 0 Å². The van der Waals surface area contributed by atoms with E-state index in [0.717, 1.165) is 26.2 Å². The number of nitrogens with zero attached hydrogens (tertiary/aromatic N) is 2. The summed E-state index contributed by atoms with van der Waals surface area (Å²) in [6, 6.07) is 0.979. The standard InChI is InChI=1S/C15H29N3O/c1-3-18(14-7-5-4-6-8-14)15(19)12-17-10-9-16-11-13(17)2/h13-14,16H,3-12H2,1-2H3/t13-/m1/s1. The van der Waals surface area contributed by atoms with Crippen molar-refractivity contribution < 1.29 is 4.79 Å². The Morgan fingerprint density at radius 1 is 1.32 bits per heavy atom. The molecule has 2 fully saturated rings. The zero-order chi connectivity index (χ0) is 13.7. The lowest BCUT2D eigenvalue weighted by atomic mass is 9.94. The summed E-state index contributed by atoms with van der Waals surface area (Å²) in [7, 11) is 0. The lowest BCUT2D eigenvalue weighted by molar-refractivity contribution is -0.135. The highest BCUT2D eigenvalue weighted by molar-refractivity contribution is 5.78. The smallest absolute Gasteiger partial charge is 0.236 e. The first-order chi connectivity index (χ1) is 9.22. The second-order valence-electron chi connectivity index (χ2n) is 6.00. The van der Waals surface area contributed by atoms with Gasteiger partial charge in [-0.2, -0.15) is 0 Å². The quantitative estimate of drug-likeness (QED) is 0.837. The van der Waals surface area contributed by atoms with Crippen LogP contribution in [0, 0.1) is 0 Å². The Hall–Kier alpha value is -0.610. The number of carbonyl (C=O) groups excluding carboxylic acids is 1. The highest BCUT2D eigenvalue weighted by Crippen LogP contribution is 2.22. The SMILES string of the molecule is CCN(C(=O)CN1CCNC[C@H]1C)C1CCCCC1. The molecule has 2 aliphatic rings. The van der Waals surface area contributed by atoms with E-state index in [1.807, 2.05) is 0 Å². The summed E-state index contributed by atoms with van der Waals surface area (Å²) in [5.74, 6) is 0.336. The Morgan fingerprint density at radius 3 is 2.68 bits per heavy atom. The molecule has 0 bridgehead atoms. The number of rotatable bonds is 4. The number of carbonyl (C=O) groups is 1. The maximum absolute atomic E-state index is 12.6. The van der Waals surface area contributed by atoms with Crippen LogP contribution in [-0.2, 0) is 4.79 Å². The Morgan fingerprint density at radius 2 is 2.05 bits per heavy atom. The van der Waals surface area contributed by atoms with Gasteiger partial charge in [0.25, 0.3) is 0 Å². The third-order valence-corrected chi connectivity index (χ3v) is 4.65. The lowest BCUT2D eigenvalue weighted by Gasteiger charge is -2.38. The van der Waals surface area contributed by atoms with Crippen molar-refractivity contribution in [2.75, 3.05) is 32.7 Å². The second kappa shape index (κ2) is 7.25. The Balaban J connectivity index is 1.88. The van der Waals surface area contributed by atoms with Gasteiger partial charge in [-0.15, -0.1) is 0 Å². The van der Waals surface area contributed by atoms with Crippen molar-refractivity contribution in [3.8, 4) is 0 Å². The summed E-state index contributed by atoms with van der Waals surface area (Å²) in [5, 5.41) is 3.38. The number of hydrogen-bond acceptors (Lipinski definition) is 3. The van der Waals surface area contributed by atoms with Gasteiger partial charge in [0.2, 0.25) is 5.91 Å². The predicted molar refractivity (Wildman–Crippen MR) is 78.2 cm³/mol. The Kier molecular flexibility index (Phi) is 5.64. The molecule has 110 valence electrons. The molecule has 1 aliphatic heterocycles. The Bertz CT molecular complexity index is 289. The van der Waals surface area contributed by atoms with Crippen molar-refractivity contribution in [1.29, 1.82) is 0 Å². The summed E-state index contributed by atoms with van der Waals surface area (Å²) < 4.78 is 0. The van der Waals surface area contributed by atoms with Gasteiger partial charge in [-0.25, -0.2) is 0 Å². The largest absolute Gasteiger partial charge is 0.339 e. The number of likely N-dealkylation sites (N-methyl/N-ethyl adjacent to an activating group) is 1. The molecule has 0 spiro atoms. The van der Waals surface area contributed by atoms with Crippen LogP contribution in [0.4, 0.5) is 0 Å². The van der Waals surface area contributed by atoms with Crippen molar-refractivity contribution in [3.05, 3.63) is 0 Å². The van der Waals surface area contributed by atoms with Gasteiger partial charge in [-0.1, -0.05) is 19.3 Å². The molecule has 0 radical (unpaired) electrons. The zero-order valence-electron chi connectivity index (χ0n) is 12.5. The molecule has 1 atom stereocenters. The van der Waals surface area contributed by atoms with Crippen LogP contribution in [0.5, 0.6) is 0 Å². The average Bonchev–Trinajstić information content (AvgIpc) is 2.43.